The molecule has 0 unspecified atom stereocenters. The Hall–Kier alpha value is -1.08. The van der Waals surface area contributed by atoms with E-state index >= 15 is 0 Å². The number of ether oxygens (including phenoxy) is 1. The Morgan fingerprint density at radius 1 is 1.21 bits per heavy atom. The zero-order valence-corrected chi connectivity index (χ0v) is 15.7. The molecular formula is C17H27ClN2O3S. The maximum absolute atomic E-state index is 12.3. The van der Waals surface area contributed by atoms with Crippen LogP contribution in [0.15, 0.2) is 40.8 Å². The zero-order valence-electron chi connectivity index (χ0n) is 14.1. The fourth-order valence-electron chi connectivity index (χ4n) is 2.36. The van der Waals surface area contributed by atoms with Crippen LogP contribution in [0.4, 0.5) is 0 Å². The van der Waals surface area contributed by atoms with Gasteiger partial charge in [-0.1, -0.05) is 31.4 Å². The van der Waals surface area contributed by atoms with Gasteiger partial charge in [0.2, 0.25) is 10.0 Å². The van der Waals surface area contributed by atoms with E-state index in [9.17, 15) is 8.42 Å². The Bertz CT molecular complexity index is 615. The van der Waals surface area contributed by atoms with Gasteiger partial charge in [-0.15, -0.1) is 12.4 Å². The second-order valence-electron chi connectivity index (χ2n) is 5.67. The van der Waals surface area contributed by atoms with Crippen LogP contribution < -0.4 is 14.8 Å². The second kappa shape index (κ2) is 10.7. The molecule has 24 heavy (non-hydrogen) atoms. The number of hydrogen-bond donors (Lipinski definition) is 2. The minimum Gasteiger partial charge on any atom is -0.494 e. The average molecular weight is 375 g/mol. The van der Waals surface area contributed by atoms with E-state index in [0.717, 1.165) is 44.3 Å². The highest BCUT2D eigenvalue weighted by atomic mass is 35.5. The molecule has 7 heteroatoms. The van der Waals surface area contributed by atoms with Crippen molar-refractivity contribution in [1.82, 2.24) is 10.0 Å². The number of nitrogens with one attached hydrogen (secondary N) is 2. The molecule has 5 nitrogen and oxygen atoms in total. The minimum atomic E-state index is -3.47. The van der Waals surface area contributed by atoms with Crippen molar-refractivity contribution >= 4 is 22.4 Å². The van der Waals surface area contributed by atoms with E-state index in [-0.39, 0.29) is 17.3 Å². The van der Waals surface area contributed by atoms with E-state index in [1.807, 2.05) is 6.08 Å². The van der Waals surface area contributed by atoms with Gasteiger partial charge in [0, 0.05) is 13.1 Å². The lowest BCUT2D eigenvalue weighted by atomic mass is 10.1. The summed E-state index contributed by atoms with van der Waals surface area (Å²) in [5.41, 5.74) is 1.13. The number of benzene rings is 1. The van der Waals surface area contributed by atoms with Crippen LogP contribution in [0.1, 0.15) is 32.6 Å². The van der Waals surface area contributed by atoms with Crippen LogP contribution in [0, 0.1) is 0 Å². The van der Waals surface area contributed by atoms with Gasteiger partial charge >= 0.3 is 0 Å². The number of unbranched alkanes of at least 4 members (excludes halogenated alkanes) is 2. The number of sulfonamides is 1. The first-order chi connectivity index (χ1) is 11.1. The molecule has 0 atom stereocenters. The number of halogens is 1. The van der Waals surface area contributed by atoms with E-state index in [2.05, 4.69) is 17.0 Å². The van der Waals surface area contributed by atoms with Crippen molar-refractivity contribution in [3.63, 3.8) is 0 Å². The molecule has 1 aliphatic rings. The van der Waals surface area contributed by atoms with Gasteiger partial charge in [0.15, 0.2) is 0 Å². The summed E-state index contributed by atoms with van der Waals surface area (Å²) >= 11 is 0. The van der Waals surface area contributed by atoms with Gasteiger partial charge in [-0.05, 0) is 43.7 Å². The van der Waals surface area contributed by atoms with Gasteiger partial charge in [0.05, 0.1) is 11.5 Å². The van der Waals surface area contributed by atoms with Gasteiger partial charge < -0.3 is 10.1 Å². The standard InChI is InChI=1S/C17H26N2O3S.ClH/c1-2-3-4-13-22-16-5-7-17(8-6-16)23(20,21)19-14-15-9-11-18-12-10-15;/h5-9,18-19H,2-4,10-14H2,1H3;1H. The quantitative estimate of drug-likeness (QED) is 0.515. The van der Waals surface area contributed by atoms with Crippen LogP contribution in [0.5, 0.6) is 5.75 Å². The van der Waals surface area contributed by atoms with Crippen LogP contribution in [0.3, 0.4) is 0 Å². The van der Waals surface area contributed by atoms with Crippen molar-refractivity contribution < 1.29 is 13.2 Å². The van der Waals surface area contributed by atoms with E-state index in [1.54, 1.807) is 24.3 Å². The molecule has 2 rings (SSSR count). The summed E-state index contributed by atoms with van der Waals surface area (Å²) < 4.78 is 32.8. The second-order valence-corrected chi connectivity index (χ2v) is 7.43. The largest absolute Gasteiger partial charge is 0.494 e. The highest BCUT2D eigenvalue weighted by molar-refractivity contribution is 7.89. The zero-order chi connectivity index (χ0) is 16.5. The summed E-state index contributed by atoms with van der Waals surface area (Å²) in [7, 11) is -3.47. The average Bonchev–Trinajstić information content (AvgIpc) is 2.58. The summed E-state index contributed by atoms with van der Waals surface area (Å²) in [6.07, 6.45) is 6.23. The maximum Gasteiger partial charge on any atom is 0.240 e. The highest BCUT2D eigenvalue weighted by Gasteiger charge is 2.14. The molecule has 1 aliphatic heterocycles. The van der Waals surface area contributed by atoms with Gasteiger partial charge in [0.1, 0.15) is 5.75 Å². The summed E-state index contributed by atoms with van der Waals surface area (Å²) in [6.45, 7) is 4.89. The van der Waals surface area contributed by atoms with E-state index in [0.29, 0.717) is 18.9 Å². The SMILES string of the molecule is CCCCCOc1ccc(S(=O)(=O)NCC2=CCNCC2)cc1.Cl. The molecule has 0 saturated heterocycles. The van der Waals surface area contributed by atoms with E-state index in [1.165, 1.54) is 0 Å². The Balaban J connectivity index is 0.00000288. The molecule has 1 heterocycles. The lowest BCUT2D eigenvalue weighted by molar-refractivity contribution is 0.306. The molecule has 0 spiro atoms. The van der Waals surface area contributed by atoms with Crippen LogP contribution in [-0.4, -0.2) is 34.7 Å². The van der Waals surface area contributed by atoms with Crippen LogP contribution in [0.2, 0.25) is 0 Å². The van der Waals surface area contributed by atoms with Gasteiger partial charge in [-0.3, -0.25) is 0 Å². The molecule has 1 aromatic carbocycles. The van der Waals surface area contributed by atoms with Crippen molar-refractivity contribution in [2.75, 3.05) is 26.2 Å². The molecular weight excluding hydrogens is 348 g/mol. The topological polar surface area (TPSA) is 67.4 Å². The molecule has 0 aromatic heterocycles. The maximum atomic E-state index is 12.3. The van der Waals surface area contributed by atoms with Gasteiger partial charge in [-0.25, -0.2) is 13.1 Å². The number of hydrogen-bond acceptors (Lipinski definition) is 4. The smallest absolute Gasteiger partial charge is 0.240 e. The van der Waals surface area contributed by atoms with Crippen LogP contribution >= 0.6 is 12.4 Å². The third kappa shape index (κ3) is 6.81. The lowest BCUT2D eigenvalue weighted by Crippen LogP contribution is -2.29. The normalized spacial score (nSPS) is 14.6. The van der Waals surface area contributed by atoms with Crippen molar-refractivity contribution in [3.8, 4) is 5.75 Å². The molecule has 0 aliphatic carbocycles. The summed E-state index contributed by atoms with van der Waals surface area (Å²) in [5.74, 6) is 0.709. The molecule has 1 aromatic rings. The molecule has 0 radical (unpaired) electrons. The Labute approximate surface area is 151 Å². The Morgan fingerprint density at radius 3 is 2.58 bits per heavy atom. The lowest BCUT2D eigenvalue weighted by Gasteiger charge is -2.15. The molecule has 0 bridgehead atoms. The minimum absolute atomic E-state index is 0. The van der Waals surface area contributed by atoms with Crippen LogP contribution in [-0.2, 0) is 10.0 Å². The third-order valence-electron chi connectivity index (χ3n) is 3.80. The first kappa shape index (κ1) is 21.0. The van der Waals surface area contributed by atoms with Crippen molar-refractivity contribution in [3.05, 3.63) is 35.9 Å². The summed E-state index contributed by atoms with van der Waals surface area (Å²) in [6, 6.07) is 6.61. The van der Waals surface area contributed by atoms with Crippen LogP contribution in [0.25, 0.3) is 0 Å². The van der Waals surface area contributed by atoms with E-state index in [4.69, 9.17) is 4.74 Å². The number of rotatable bonds is 9. The van der Waals surface area contributed by atoms with Crippen molar-refractivity contribution in [2.24, 2.45) is 0 Å². The predicted octanol–water partition coefficient (Wildman–Crippen LogP) is 2.88. The molecule has 136 valence electrons. The fraction of sp³-hybridized carbons (Fsp3) is 0.529. The highest BCUT2D eigenvalue weighted by Crippen LogP contribution is 2.16. The summed E-state index contributed by atoms with van der Waals surface area (Å²) in [4.78, 5) is 0.271. The molecule has 0 saturated carbocycles. The Kier molecular flexibility index (Phi) is 9.36. The monoisotopic (exact) mass is 374 g/mol. The molecule has 0 amide bonds. The Morgan fingerprint density at radius 2 is 1.96 bits per heavy atom. The predicted molar refractivity (Wildman–Crippen MR) is 99.5 cm³/mol. The van der Waals surface area contributed by atoms with Crippen molar-refractivity contribution in [2.45, 2.75) is 37.5 Å². The van der Waals surface area contributed by atoms with E-state index < -0.39 is 10.0 Å². The molecule has 0 fully saturated rings. The first-order valence-corrected chi connectivity index (χ1v) is 9.71. The summed E-state index contributed by atoms with van der Waals surface area (Å²) in [5, 5.41) is 3.21. The van der Waals surface area contributed by atoms with Gasteiger partial charge in [-0.2, -0.15) is 0 Å². The fourth-order valence-corrected chi connectivity index (χ4v) is 3.39. The van der Waals surface area contributed by atoms with Gasteiger partial charge in [0.25, 0.3) is 0 Å². The first-order valence-electron chi connectivity index (χ1n) is 8.23. The molecule has 2 N–H and O–H groups in total. The third-order valence-corrected chi connectivity index (χ3v) is 5.22. The van der Waals surface area contributed by atoms with Crippen molar-refractivity contribution in [1.29, 1.82) is 0 Å².